The summed E-state index contributed by atoms with van der Waals surface area (Å²) in [5.74, 6) is -0.161. The Hall–Kier alpha value is -2.93. The van der Waals surface area contributed by atoms with Crippen LogP contribution in [-0.4, -0.2) is 35.5 Å². The van der Waals surface area contributed by atoms with Gasteiger partial charge in [-0.15, -0.1) is 0 Å². The van der Waals surface area contributed by atoms with Crippen molar-refractivity contribution in [1.82, 2.24) is 15.3 Å². The Balaban J connectivity index is 2.28. The summed E-state index contributed by atoms with van der Waals surface area (Å²) in [5.41, 5.74) is 1.75. The number of rotatable bonds is 6. The molecule has 8 heteroatoms. The van der Waals surface area contributed by atoms with Crippen molar-refractivity contribution < 1.29 is 19.1 Å². The predicted molar refractivity (Wildman–Crippen MR) is 97.4 cm³/mol. The molecule has 2 aromatic rings. The number of pyridine rings is 2. The largest absolute Gasteiger partial charge is 0.463 e. The summed E-state index contributed by atoms with van der Waals surface area (Å²) >= 11 is 5.95. The molecule has 0 bridgehead atoms. The number of aromatic nitrogens is 2. The molecule has 0 unspecified atom stereocenters. The summed E-state index contributed by atoms with van der Waals surface area (Å²) in [6.45, 7) is 3.85. The summed E-state index contributed by atoms with van der Waals surface area (Å²) < 4.78 is 10.6. The lowest BCUT2D eigenvalue weighted by molar-refractivity contribution is -0.137. The van der Waals surface area contributed by atoms with Gasteiger partial charge in [0, 0.05) is 36.5 Å². The highest BCUT2D eigenvalue weighted by molar-refractivity contribution is 6.29. The van der Waals surface area contributed by atoms with Crippen LogP contribution in [0.1, 0.15) is 28.4 Å². The van der Waals surface area contributed by atoms with E-state index in [4.69, 9.17) is 21.1 Å². The predicted octanol–water partition coefficient (Wildman–Crippen LogP) is 3.17. The molecule has 0 aromatic carbocycles. The van der Waals surface area contributed by atoms with E-state index in [-0.39, 0.29) is 16.9 Å². The normalized spacial score (nSPS) is 10.6. The maximum atomic E-state index is 11.8. The van der Waals surface area contributed by atoms with E-state index in [0.29, 0.717) is 23.5 Å². The number of halogens is 1. The fourth-order valence-electron chi connectivity index (χ4n) is 2.05. The number of amides is 1. The van der Waals surface area contributed by atoms with Crippen LogP contribution in [0.5, 0.6) is 11.6 Å². The van der Waals surface area contributed by atoms with Crippen LogP contribution in [0.25, 0.3) is 6.08 Å². The maximum absolute atomic E-state index is 11.8. The second-order valence-corrected chi connectivity index (χ2v) is 5.52. The van der Waals surface area contributed by atoms with Gasteiger partial charge in [0.15, 0.2) is 5.75 Å². The Morgan fingerprint density at radius 1 is 1.31 bits per heavy atom. The van der Waals surface area contributed by atoms with Crippen LogP contribution in [0.15, 0.2) is 30.6 Å². The van der Waals surface area contributed by atoms with Crippen molar-refractivity contribution in [2.75, 3.05) is 13.7 Å². The smallest absolute Gasteiger partial charge is 0.330 e. The molecule has 0 spiro atoms. The Bertz CT molecular complexity index is 852. The minimum atomic E-state index is -0.440. The summed E-state index contributed by atoms with van der Waals surface area (Å²) in [7, 11) is 1.52. The molecule has 26 heavy (non-hydrogen) atoms. The molecule has 7 nitrogen and oxygen atoms in total. The molecule has 0 saturated carbocycles. The Kier molecular flexibility index (Phi) is 6.68. The zero-order valence-electron chi connectivity index (χ0n) is 14.6. The molecule has 1 N–H and O–H groups in total. The molecule has 0 saturated heterocycles. The van der Waals surface area contributed by atoms with E-state index in [2.05, 4.69) is 15.3 Å². The Labute approximate surface area is 156 Å². The van der Waals surface area contributed by atoms with E-state index in [1.165, 1.54) is 31.5 Å². The highest BCUT2D eigenvalue weighted by atomic mass is 35.5. The van der Waals surface area contributed by atoms with Crippen LogP contribution in [0, 0.1) is 6.92 Å². The number of carbonyl (C=O) groups is 2. The lowest BCUT2D eigenvalue weighted by atomic mass is 10.1. The number of ether oxygens (including phenoxy) is 2. The van der Waals surface area contributed by atoms with Gasteiger partial charge in [-0.25, -0.2) is 9.78 Å². The van der Waals surface area contributed by atoms with Gasteiger partial charge in [0.25, 0.3) is 5.91 Å². The summed E-state index contributed by atoms with van der Waals surface area (Å²) in [4.78, 5) is 31.4. The van der Waals surface area contributed by atoms with Gasteiger partial charge in [0.2, 0.25) is 5.88 Å². The van der Waals surface area contributed by atoms with Gasteiger partial charge in [-0.2, -0.15) is 0 Å². The van der Waals surface area contributed by atoms with Gasteiger partial charge >= 0.3 is 5.97 Å². The minimum absolute atomic E-state index is 0.130. The van der Waals surface area contributed by atoms with Crippen molar-refractivity contribution in [3.05, 3.63) is 52.4 Å². The SMILES string of the molecule is CCOC(=O)/C=C/c1cncc(Oc2cc(C(=O)NC)cc(Cl)n2)c1C. The van der Waals surface area contributed by atoms with Crippen LogP contribution >= 0.6 is 11.6 Å². The van der Waals surface area contributed by atoms with E-state index in [0.717, 1.165) is 5.56 Å². The molecular weight excluding hydrogens is 358 g/mol. The van der Waals surface area contributed by atoms with Gasteiger partial charge in [0.1, 0.15) is 5.15 Å². The maximum Gasteiger partial charge on any atom is 0.330 e. The van der Waals surface area contributed by atoms with E-state index >= 15 is 0 Å². The van der Waals surface area contributed by atoms with Crippen molar-refractivity contribution in [2.24, 2.45) is 0 Å². The third-order valence-corrected chi connectivity index (χ3v) is 3.56. The molecule has 136 valence electrons. The van der Waals surface area contributed by atoms with Crippen LogP contribution < -0.4 is 10.1 Å². The summed E-state index contributed by atoms with van der Waals surface area (Å²) in [5, 5.41) is 2.64. The molecular formula is C18H18ClN3O4. The highest BCUT2D eigenvalue weighted by Gasteiger charge is 2.11. The zero-order chi connectivity index (χ0) is 19.1. The molecule has 0 fully saturated rings. The molecule has 2 heterocycles. The average Bonchev–Trinajstić information content (AvgIpc) is 2.61. The Morgan fingerprint density at radius 2 is 2.08 bits per heavy atom. The summed E-state index contributed by atoms with van der Waals surface area (Å²) in [6.07, 6.45) is 6.02. The third kappa shape index (κ3) is 5.03. The monoisotopic (exact) mass is 375 g/mol. The molecule has 1 amide bonds. The number of nitrogens with one attached hydrogen (secondary N) is 1. The molecule has 0 radical (unpaired) electrons. The average molecular weight is 376 g/mol. The number of hydrogen-bond donors (Lipinski definition) is 1. The zero-order valence-corrected chi connectivity index (χ0v) is 15.3. The number of hydrogen-bond acceptors (Lipinski definition) is 6. The van der Waals surface area contributed by atoms with Crippen molar-refractivity contribution in [2.45, 2.75) is 13.8 Å². The van der Waals surface area contributed by atoms with Crippen molar-refractivity contribution in [1.29, 1.82) is 0 Å². The van der Waals surface area contributed by atoms with Crippen LogP contribution in [0.2, 0.25) is 5.15 Å². The standard InChI is InChI=1S/C18H18ClN3O4/c1-4-25-17(23)6-5-12-9-21-10-14(11(12)2)26-16-8-13(18(24)20-3)7-15(19)22-16/h5-10H,4H2,1-3H3,(H,20,24)/b6-5+. The number of nitrogens with zero attached hydrogens (tertiary/aromatic N) is 2. The van der Waals surface area contributed by atoms with Crippen LogP contribution in [0.4, 0.5) is 0 Å². The fourth-order valence-corrected chi connectivity index (χ4v) is 2.25. The van der Waals surface area contributed by atoms with Gasteiger partial charge in [0.05, 0.1) is 12.8 Å². The topological polar surface area (TPSA) is 90.4 Å². The van der Waals surface area contributed by atoms with Crippen LogP contribution in [-0.2, 0) is 9.53 Å². The van der Waals surface area contributed by atoms with Crippen molar-refractivity contribution >= 4 is 29.6 Å². The highest BCUT2D eigenvalue weighted by Crippen LogP contribution is 2.27. The van der Waals surface area contributed by atoms with E-state index < -0.39 is 5.97 Å². The molecule has 2 rings (SSSR count). The van der Waals surface area contributed by atoms with E-state index in [1.54, 1.807) is 19.2 Å². The van der Waals surface area contributed by atoms with Gasteiger partial charge < -0.3 is 14.8 Å². The quantitative estimate of drug-likeness (QED) is 0.474. The number of carbonyl (C=O) groups excluding carboxylic acids is 2. The lowest BCUT2D eigenvalue weighted by Gasteiger charge is -2.10. The first-order chi connectivity index (χ1) is 12.4. The first kappa shape index (κ1) is 19.4. The number of esters is 1. The van der Waals surface area contributed by atoms with E-state index in [9.17, 15) is 9.59 Å². The first-order valence-electron chi connectivity index (χ1n) is 7.81. The van der Waals surface area contributed by atoms with E-state index in [1.807, 2.05) is 6.92 Å². The van der Waals surface area contributed by atoms with Crippen molar-refractivity contribution in [3.63, 3.8) is 0 Å². The molecule has 2 aromatic heterocycles. The third-order valence-electron chi connectivity index (χ3n) is 3.37. The minimum Gasteiger partial charge on any atom is -0.463 e. The second kappa shape index (κ2) is 8.96. The first-order valence-corrected chi connectivity index (χ1v) is 8.19. The lowest BCUT2D eigenvalue weighted by Crippen LogP contribution is -2.17. The molecule has 0 aliphatic heterocycles. The molecule has 0 aliphatic carbocycles. The van der Waals surface area contributed by atoms with Gasteiger partial charge in [-0.05, 0) is 31.6 Å². The van der Waals surface area contributed by atoms with Gasteiger partial charge in [-0.1, -0.05) is 11.6 Å². The van der Waals surface area contributed by atoms with Gasteiger partial charge in [-0.3, -0.25) is 9.78 Å². The molecule has 0 atom stereocenters. The Morgan fingerprint density at radius 3 is 2.77 bits per heavy atom. The van der Waals surface area contributed by atoms with Crippen molar-refractivity contribution in [3.8, 4) is 11.6 Å². The van der Waals surface area contributed by atoms with Crippen LogP contribution in [0.3, 0.4) is 0 Å². The molecule has 0 aliphatic rings. The fraction of sp³-hybridized carbons (Fsp3) is 0.222. The summed E-state index contributed by atoms with van der Waals surface area (Å²) in [6, 6.07) is 2.92. The second-order valence-electron chi connectivity index (χ2n) is 5.14.